The van der Waals surface area contributed by atoms with Gasteiger partial charge in [-0.3, -0.25) is 4.79 Å². The first kappa shape index (κ1) is 13.9. The van der Waals surface area contributed by atoms with Crippen molar-refractivity contribution < 1.29 is 14.3 Å². The van der Waals surface area contributed by atoms with Crippen LogP contribution in [0.25, 0.3) is 0 Å². The van der Waals surface area contributed by atoms with E-state index in [0.29, 0.717) is 23.6 Å². The van der Waals surface area contributed by atoms with Crippen molar-refractivity contribution in [2.24, 2.45) is 0 Å². The van der Waals surface area contributed by atoms with Gasteiger partial charge in [-0.15, -0.1) is 0 Å². The van der Waals surface area contributed by atoms with Crippen molar-refractivity contribution in [3.05, 3.63) is 41.5 Å². The number of nitrogens with one attached hydrogen (secondary N) is 2. The van der Waals surface area contributed by atoms with E-state index in [1.165, 1.54) is 0 Å². The summed E-state index contributed by atoms with van der Waals surface area (Å²) in [6.07, 6.45) is 3.23. The largest absolute Gasteiger partial charge is 0.496 e. The summed E-state index contributed by atoms with van der Waals surface area (Å²) in [5.74, 6) is 1.04. The number of aromatic nitrogens is 2. The fourth-order valence-corrected chi connectivity index (χ4v) is 1.88. The number of imidazole rings is 1. The molecule has 1 aromatic heterocycles. The number of amides is 1. The molecule has 1 aromatic carbocycles. The smallest absolute Gasteiger partial charge is 0.251 e. The molecule has 0 saturated heterocycles. The highest BCUT2D eigenvalue weighted by molar-refractivity contribution is 5.95. The molecule has 0 aliphatic heterocycles. The van der Waals surface area contributed by atoms with E-state index in [0.717, 1.165) is 11.3 Å². The van der Waals surface area contributed by atoms with Gasteiger partial charge in [0.1, 0.15) is 11.5 Å². The second-order valence-corrected chi connectivity index (χ2v) is 4.27. The molecule has 0 spiro atoms. The quantitative estimate of drug-likeness (QED) is 0.870. The number of methoxy groups -OCH3 is 2. The SMILES string of the molecule is COc1cc(C(=O)NCc2cnc[nH]2)cc(OC)c1C. The third-order valence-electron chi connectivity index (χ3n) is 3.01. The summed E-state index contributed by atoms with van der Waals surface area (Å²) in [5.41, 5.74) is 2.19. The van der Waals surface area contributed by atoms with Gasteiger partial charge in [-0.2, -0.15) is 0 Å². The summed E-state index contributed by atoms with van der Waals surface area (Å²) in [4.78, 5) is 18.9. The van der Waals surface area contributed by atoms with Crippen molar-refractivity contribution in [3.63, 3.8) is 0 Å². The van der Waals surface area contributed by atoms with Crippen LogP contribution in [-0.4, -0.2) is 30.1 Å². The van der Waals surface area contributed by atoms with Gasteiger partial charge in [-0.05, 0) is 19.1 Å². The zero-order chi connectivity index (χ0) is 14.5. The summed E-state index contributed by atoms with van der Waals surface area (Å²) >= 11 is 0. The van der Waals surface area contributed by atoms with Crippen molar-refractivity contribution in [2.45, 2.75) is 13.5 Å². The first-order chi connectivity index (χ1) is 9.65. The first-order valence-corrected chi connectivity index (χ1v) is 6.13. The van der Waals surface area contributed by atoms with Crippen LogP contribution >= 0.6 is 0 Å². The molecule has 106 valence electrons. The van der Waals surface area contributed by atoms with E-state index in [1.807, 2.05) is 6.92 Å². The number of rotatable bonds is 5. The number of benzene rings is 1. The van der Waals surface area contributed by atoms with Crippen molar-refractivity contribution >= 4 is 5.91 Å². The third-order valence-corrected chi connectivity index (χ3v) is 3.01. The van der Waals surface area contributed by atoms with E-state index in [9.17, 15) is 4.79 Å². The number of nitrogens with zero attached hydrogens (tertiary/aromatic N) is 1. The number of carbonyl (C=O) groups excluding carboxylic acids is 1. The Morgan fingerprint density at radius 3 is 2.45 bits per heavy atom. The molecule has 2 aromatic rings. The molecule has 1 amide bonds. The van der Waals surface area contributed by atoms with Gasteiger partial charge in [0.25, 0.3) is 5.91 Å². The average Bonchev–Trinajstić information content (AvgIpc) is 2.98. The first-order valence-electron chi connectivity index (χ1n) is 6.13. The maximum absolute atomic E-state index is 12.1. The Kier molecular flexibility index (Phi) is 4.24. The lowest BCUT2D eigenvalue weighted by molar-refractivity contribution is 0.0949. The van der Waals surface area contributed by atoms with Gasteiger partial charge >= 0.3 is 0 Å². The zero-order valence-electron chi connectivity index (χ0n) is 11.7. The van der Waals surface area contributed by atoms with Gasteiger partial charge in [0.05, 0.1) is 32.8 Å². The van der Waals surface area contributed by atoms with E-state index >= 15 is 0 Å². The number of carbonyl (C=O) groups is 1. The third kappa shape index (κ3) is 2.90. The minimum absolute atomic E-state index is 0.198. The van der Waals surface area contributed by atoms with Crippen molar-refractivity contribution in [2.75, 3.05) is 14.2 Å². The molecule has 2 N–H and O–H groups in total. The Labute approximate surface area is 117 Å². The molecule has 0 fully saturated rings. The zero-order valence-corrected chi connectivity index (χ0v) is 11.7. The molecule has 0 aliphatic carbocycles. The maximum atomic E-state index is 12.1. The Balaban J connectivity index is 2.16. The van der Waals surface area contributed by atoms with Crippen LogP contribution in [-0.2, 0) is 6.54 Å². The monoisotopic (exact) mass is 275 g/mol. The Morgan fingerprint density at radius 1 is 1.30 bits per heavy atom. The lowest BCUT2D eigenvalue weighted by atomic mass is 10.1. The van der Waals surface area contributed by atoms with Gasteiger partial charge in [-0.25, -0.2) is 4.98 Å². The standard InChI is InChI=1S/C14H17N3O3/c1-9-12(19-2)4-10(5-13(9)20-3)14(18)16-7-11-6-15-8-17-11/h4-6,8H,7H2,1-3H3,(H,15,17)(H,16,18). The van der Waals surface area contributed by atoms with Crippen molar-refractivity contribution in [3.8, 4) is 11.5 Å². The maximum Gasteiger partial charge on any atom is 0.251 e. The number of hydrogen-bond acceptors (Lipinski definition) is 4. The fourth-order valence-electron chi connectivity index (χ4n) is 1.88. The van der Waals surface area contributed by atoms with Crippen LogP contribution in [0.15, 0.2) is 24.7 Å². The second-order valence-electron chi connectivity index (χ2n) is 4.27. The molecule has 2 rings (SSSR count). The Morgan fingerprint density at radius 2 is 1.95 bits per heavy atom. The van der Waals surface area contributed by atoms with E-state index in [1.54, 1.807) is 38.9 Å². The molecule has 0 bridgehead atoms. The molecule has 6 nitrogen and oxygen atoms in total. The summed E-state index contributed by atoms with van der Waals surface area (Å²) < 4.78 is 10.5. The van der Waals surface area contributed by atoms with Crippen LogP contribution < -0.4 is 14.8 Å². The molecule has 0 saturated carbocycles. The second kappa shape index (κ2) is 6.10. The van der Waals surface area contributed by atoms with Gasteiger partial charge in [0, 0.05) is 17.3 Å². The summed E-state index contributed by atoms with van der Waals surface area (Å²) in [6.45, 7) is 2.27. The predicted octanol–water partition coefficient (Wildman–Crippen LogP) is 1.67. The highest BCUT2D eigenvalue weighted by atomic mass is 16.5. The van der Waals surface area contributed by atoms with E-state index in [-0.39, 0.29) is 5.91 Å². The number of ether oxygens (including phenoxy) is 2. The predicted molar refractivity (Wildman–Crippen MR) is 74.0 cm³/mol. The molecule has 0 unspecified atom stereocenters. The van der Waals surface area contributed by atoms with Gasteiger partial charge in [0.2, 0.25) is 0 Å². The fraction of sp³-hybridized carbons (Fsp3) is 0.286. The van der Waals surface area contributed by atoms with Crippen LogP contribution in [0.1, 0.15) is 21.6 Å². The van der Waals surface area contributed by atoms with Gasteiger partial charge in [-0.1, -0.05) is 0 Å². The minimum Gasteiger partial charge on any atom is -0.496 e. The van der Waals surface area contributed by atoms with Crippen LogP contribution in [0, 0.1) is 6.92 Å². The average molecular weight is 275 g/mol. The minimum atomic E-state index is -0.198. The highest BCUT2D eigenvalue weighted by Gasteiger charge is 2.13. The van der Waals surface area contributed by atoms with Crippen LogP contribution in [0.5, 0.6) is 11.5 Å². The summed E-state index contributed by atoms with van der Waals surface area (Å²) in [7, 11) is 3.13. The van der Waals surface area contributed by atoms with Gasteiger partial charge < -0.3 is 19.8 Å². The number of H-pyrrole nitrogens is 1. The topological polar surface area (TPSA) is 76.2 Å². The molecule has 0 atom stereocenters. The van der Waals surface area contributed by atoms with E-state index < -0.39 is 0 Å². The van der Waals surface area contributed by atoms with Crippen LogP contribution in [0.2, 0.25) is 0 Å². The van der Waals surface area contributed by atoms with E-state index in [4.69, 9.17) is 9.47 Å². The molecular weight excluding hydrogens is 258 g/mol. The van der Waals surface area contributed by atoms with Crippen molar-refractivity contribution in [1.82, 2.24) is 15.3 Å². The molecule has 0 radical (unpaired) electrons. The molecule has 6 heteroatoms. The van der Waals surface area contributed by atoms with Crippen LogP contribution in [0.3, 0.4) is 0 Å². The molecule has 1 heterocycles. The Bertz CT molecular complexity index is 569. The number of hydrogen-bond donors (Lipinski definition) is 2. The molecule has 20 heavy (non-hydrogen) atoms. The molecular formula is C14H17N3O3. The summed E-state index contributed by atoms with van der Waals surface area (Å²) in [5, 5.41) is 2.80. The lowest BCUT2D eigenvalue weighted by Gasteiger charge is -2.12. The van der Waals surface area contributed by atoms with Crippen molar-refractivity contribution in [1.29, 1.82) is 0 Å². The van der Waals surface area contributed by atoms with Crippen LogP contribution in [0.4, 0.5) is 0 Å². The highest BCUT2D eigenvalue weighted by Crippen LogP contribution is 2.29. The molecule has 0 aliphatic rings. The normalized spacial score (nSPS) is 10.2. The van der Waals surface area contributed by atoms with E-state index in [2.05, 4.69) is 15.3 Å². The Hall–Kier alpha value is -2.50. The number of aromatic amines is 1. The summed E-state index contributed by atoms with van der Waals surface area (Å²) in [6, 6.07) is 3.39. The van der Waals surface area contributed by atoms with Gasteiger partial charge in [0.15, 0.2) is 0 Å². The lowest BCUT2D eigenvalue weighted by Crippen LogP contribution is -2.23.